The Kier molecular flexibility index (Phi) is 5.12. The van der Waals surface area contributed by atoms with Crippen molar-refractivity contribution in [1.82, 2.24) is 4.98 Å². The molecule has 1 aromatic heterocycles. The number of aromatic nitrogens is 1. The summed E-state index contributed by atoms with van der Waals surface area (Å²) in [5, 5.41) is 2.71. The largest absolute Gasteiger partial charge is 0.449 e. The monoisotopic (exact) mass is 270 g/mol. The van der Waals surface area contributed by atoms with Gasteiger partial charge in [-0.25, -0.2) is 4.79 Å². The van der Waals surface area contributed by atoms with Gasteiger partial charge >= 0.3 is 6.09 Å². The van der Waals surface area contributed by atoms with Crippen LogP contribution in [0.5, 0.6) is 0 Å². The van der Waals surface area contributed by atoms with Crippen LogP contribution in [-0.2, 0) is 17.6 Å². The molecular weight excluding hydrogens is 252 g/mol. The minimum atomic E-state index is -0.427. The van der Waals surface area contributed by atoms with Gasteiger partial charge in [0, 0.05) is 24.5 Å². The maximum Gasteiger partial charge on any atom is 0.411 e. The van der Waals surface area contributed by atoms with E-state index in [0.29, 0.717) is 13.0 Å². The lowest BCUT2D eigenvalue weighted by Crippen LogP contribution is -2.15. The minimum Gasteiger partial charge on any atom is -0.449 e. The fraction of sp³-hybridized carbons (Fsp3) is 0.250. The van der Waals surface area contributed by atoms with E-state index in [4.69, 9.17) is 4.74 Å². The van der Waals surface area contributed by atoms with E-state index < -0.39 is 6.09 Å². The van der Waals surface area contributed by atoms with Crippen molar-refractivity contribution in [2.45, 2.75) is 19.8 Å². The molecule has 0 bridgehead atoms. The third-order valence-electron chi connectivity index (χ3n) is 2.98. The maximum atomic E-state index is 11.6. The third kappa shape index (κ3) is 4.39. The average Bonchev–Trinajstić information content (AvgIpc) is 2.49. The number of nitrogens with zero attached hydrogens (tertiary/aromatic N) is 1. The van der Waals surface area contributed by atoms with Crippen LogP contribution in [0.2, 0.25) is 0 Å². The number of pyridine rings is 1. The van der Waals surface area contributed by atoms with Gasteiger partial charge in [0.1, 0.15) is 0 Å². The molecule has 0 saturated heterocycles. The van der Waals surface area contributed by atoms with Crippen molar-refractivity contribution in [1.29, 1.82) is 0 Å². The Morgan fingerprint density at radius 2 is 1.80 bits per heavy atom. The Morgan fingerprint density at radius 3 is 2.45 bits per heavy atom. The van der Waals surface area contributed by atoms with Crippen LogP contribution in [0, 0.1) is 0 Å². The molecule has 0 spiro atoms. The van der Waals surface area contributed by atoms with Crippen molar-refractivity contribution >= 4 is 11.8 Å². The second-order valence-electron chi connectivity index (χ2n) is 4.42. The number of benzene rings is 1. The van der Waals surface area contributed by atoms with Crippen LogP contribution in [0.3, 0.4) is 0 Å². The number of carbonyl (C=O) groups excluding carboxylic acids is 1. The predicted octanol–water partition coefficient (Wildman–Crippen LogP) is 3.44. The Morgan fingerprint density at radius 1 is 1.10 bits per heavy atom. The number of carbonyl (C=O) groups is 1. The van der Waals surface area contributed by atoms with Crippen LogP contribution in [0.1, 0.15) is 18.1 Å². The quantitative estimate of drug-likeness (QED) is 0.905. The van der Waals surface area contributed by atoms with E-state index in [-0.39, 0.29) is 0 Å². The summed E-state index contributed by atoms with van der Waals surface area (Å²) in [5.41, 5.74) is 3.08. The normalized spacial score (nSPS) is 10.1. The first kappa shape index (κ1) is 14.1. The van der Waals surface area contributed by atoms with Crippen LogP contribution in [0.4, 0.5) is 10.5 Å². The lowest BCUT2D eigenvalue weighted by Gasteiger charge is -2.07. The summed E-state index contributed by atoms with van der Waals surface area (Å²) in [5.74, 6) is 0. The molecule has 2 rings (SSSR count). The van der Waals surface area contributed by atoms with E-state index in [2.05, 4.69) is 17.2 Å². The van der Waals surface area contributed by atoms with Gasteiger partial charge in [-0.2, -0.15) is 0 Å². The Hall–Kier alpha value is -2.36. The minimum absolute atomic E-state index is 0.350. The molecule has 0 radical (unpaired) electrons. The lowest BCUT2D eigenvalue weighted by molar-refractivity contribution is 0.163. The highest BCUT2D eigenvalue weighted by Gasteiger charge is 2.03. The number of rotatable bonds is 5. The molecule has 1 aromatic carbocycles. The summed E-state index contributed by atoms with van der Waals surface area (Å²) in [4.78, 5) is 15.5. The topological polar surface area (TPSA) is 51.2 Å². The van der Waals surface area contributed by atoms with Crippen LogP contribution < -0.4 is 5.32 Å². The molecule has 0 unspecified atom stereocenters. The highest BCUT2D eigenvalue weighted by atomic mass is 16.5. The molecule has 1 amide bonds. The standard InChI is InChI=1S/C16H18N2O2/c1-2-13-3-5-15(6-4-13)18-16(19)20-12-9-14-7-10-17-11-8-14/h3-8,10-11H,2,9,12H2,1H3,(H,18,19). The van der Waals surface area contributed by atoms with E-state index in [1.165, 1.54) is 5.56 Å². The van der Waals surface area contributed by atoms with Gasteiger partial charge < -0.3 is 4.74 Å². The van der Waals surface area contributed by atoms with Gasteiger partial charge in [-0.05, 0) is 41.8 Å². The smallest absolute Gasteiger partial charge is 0.411 e. The molecule has 0 fully saturated rings. The summed E-state index contributed by atoms with van der Waals surface area (Å²) in [6.45, 7) is 2.44. The fourth-order valence-corrected chi connectivity index (χ4v) is 1.79. The number of ether oxygens (including phenoxy) is 1. The summed E-state index contributed by atoms with van der Waals surface area (Å²) in [6.07, 6.45) is 4.69. The summed E-state index contributed by atoms with van der Waals surface area (Å²) in [7, 11) is 0. The van der Waals surface area contributed by atoms with Crippen molar-refractivity contribution in [3.05, 3.63) is 59.9 Å². The maximum absolute atomic E-state index is 11.6. The van der Waals surface area contributed by atoms with Crippen molar-refractivity contribution in [2.75, 3.05) is 11.9 Å². The molecule has 0 aliphatic rings. The summed E-state index contributed by atoms with van der Waals surface area (Å²) >= 11 is 0. The second-order valence-corrected chi connectivity index (χ2v) is 4.42. The van der Waals surface area contributed by atoms with Gasteiger partial charge in [0.25, 0.3) is 0 Å². The molecule has 1 N–H and O–H groups in total. The first-order valence-corrected chi connectivity index (χ1v) is 6.69. The molecule has 20 heavy (non-hydrogen) atoms. The number of aryl methyl sites for hydroxylation is 1. The zero-order valence-electron chi connectivity index (χ0n) is 11.5. The van der Waals surface area contributed by atoms with Gasteiger partial charge in [0.05, 0.1) is 6.61 Å². The first-order valence-electron chi connectivity index (χ1n) is 6.69. The van der Waals surface area contributed by atoms with Gasteiger partial charge in [-0.15, -0.1) is 0 Å². The van der Waals surface area contributed by atoms with Crippen LogP contribution >= 0.6 is 0 Å². The molecule has 0 aliphatic carbocycles. The molecular formula is C16H18N2O2. The van der Waals surface area contributed by atoms with E-state index in [1.54, 1.807) is 12.4 Å². The Labute approximate surface area is 118 Å². The van der Waals surface area contributed by atoms with Gasteiger partial charge in [-0.1, -0.05) is 19.1 Å². The number of amides is 1. The molecule has 0 aliphatic heterocycles. The number of hydrogen-bond acceptors (Lipinski definition) is 3. The van der Waals surface area contributed by atoms with E-state index >= 15 is 0 Å². The molecule has 2 aromatic rings. The highest BCUT2D eigenvalue weighted by Crippen LogP contribution is 2.10. The van der Waals surface area contributed by atoms with E-state index in [1.807, 2.05) is 36.4 Å². The van der Waals surface area contributed by atoms with Gasteiger partial charge in [0.2, 0.25) is 0 Å². The zero-order valence-corrected chi connectivity index (χ0v) is 11.5. The molecule has 1 heterocycles. The fourth-order valence-electron chi connectivity index (χ4n) is 1.79. The third-order valence-corrected chi connectivity index (χ3v) is 2.98. The van der Waals surface area contributed by atoms with E-state index in [9.17, 15) is 4.79 Å². The first-order chi connectivity index (χ1) is 9.78. The lowest BCUT2D eigenvalue weighted by atomic mass is 10.1. The van der Waals surface area contributed by atoms with Crippen molar-refractivity contribution in [2.24, 2.45) is 0 Å². The number of hydrogen-bond donors (Lipinski definition) is 1. The predicted molar refractivity (Wildman–Crippen MR) is 78.7 cm³/mol. The summed E-state index contributed by atoms with van der Waals surface area (Å²) < 4.78 is 5.14. The van der Waals surface area contributed by atoms with Crippen molar-refractivity contribution < 1.29 is 9.53 Å². The Bertz CT molecular complexity index is 538. The number of nitrogens with one attached hydrogen (secondary N) is 1. The number of anilines is 1. The van der Waals surface area contributed by atoms with Crippen molar-refractivity contribution in [3.63, 3.8) is 0 Å². The average molecular weight is 270 g/mol. The molecule has 104 valence electrons. The summed E-state index contributed by atoms with van der Waals surface area (Å²) in [6, 6.07) is 11.6. The van der Waals surface area contributed by atoms with Crippen LogP contribution in [0.25, 0.3) is 0 Å². The van der Waals surface area contributed by atoms with Gasteiger partial charge in [-0.3, -0.25) is 10.3 Å². The highest BCUT2D eigenvalue weighted by molar-refractivity contribution is 5.84. The second kappa shape index (κ2) is 7.28. The Balaban J connectivity index is 1.74. The van der Waals surface area contributed by atoms with Crippen LogP contribution in [-0.4, -0.2) is 17.7 Å². The van der Waals surface area contributed by atoms with E-state index in [0.717, 1.165) is 17.7 Å². The zero-order chi connectivity index (χ0) is 14.2. The molecule has 4 nitrogen and oxygen atoms in total. The molecule has 0 atom stereocenters. The molecule has 4 heteroatoms. The van der Waals surface area contributed by atoms with Crippen LogP contribution in [0.15, 0.2) is 48.8 Å². The van der Waals surface area contributed by atoms with Crippen molar-refractivity contribution in [3.8, 4) is 0 Å². The van der Waals surface area contributed by atoms with Gasteiger partial charge in [0.15, 0.2) is 0 Å². The SMILES string of the molecule is CCc1ccc(NC(=O)OCCc2ccncc2)cc1. The molecule has 0 saturated carbocycles.